The summed E-state index contributed by atoms with van der Waals surface area (Å²) < 4.78 is 3.94. The van der Waals surface area contributed by atoms with Crippen molar-refractivity contribution in [1.29, 1.82) is 0 Å². The molecule has 2 heterocycles. The molecule has 0 fully saturated rings. The van der Waals surface area contributed by atoms with E-state index in [1.165, 1.54) is 0 Å². The van der Waals surface area contributed by atoms with Crippen molar-refractivity contribution in [3.05, 3.63) is 35.7 Å². The molecule has 2 rings (SSSR count). The molecule has 5 nitrogen and oxygen atoms in total. The lowest BCUT2D eigenvalue weighted by Crippen LogP contribution is -2.05. The number of aliphatic hydroxyl groups is 1. The van der Waals surface area contributed by atoms with Gasteiger partial charge in [-0.25, -0.2) is 0 Å². The van der Waals surface area contributed by atoms with Crippen LogP contribution in [0.15, 0.2) is 18.5 Å². The summed E-state index contributed by atoms with van der Waals surface area (Å²) in [6.45, 7) is 2.67. The minimum absolute atomic E-state index is 0.0742. The van der Waals surface area contributed by atoms with E-state index in [2.05, 4.69) is 10.2 Å². The fourth-order valence-electron chi connectivity index (χ4n) is 1.43. The maximum Gasteiger partial charge on any atom is 0.152 e. The van der Waals surface area contributed by atoms with Crippen LogP contribution in [-0.2, 0) is 20.2 Å². The van der Waals surface area contributed by atoms with E-state index in [9.17, 15) is 0 Å². The van der Waals surface area contributed by atoms with Gasteiger partial charge in [0, 0.05) is 19.4 Å². The highest BCUT2D eigenvalue weighted by atomic mass is 16.3. The topological polar surface area (TPSA) is 55.9 Å². The molecule has 0 saturated carbocycles. The van der Waals surface area contributed by atoms with Gasteiger partial charge in [0.2, 0.25) is 0 Å². The van der Waals surface area contributed by atoms with Crippen molar-refractivity contribution >= 4 is 0 Å². The SMILES string of the molecule is Cc1nnc(Cn2ccc(CO)c2)n1C. The Morgan fingerprint density at radius 1 is 1.40 bits per heavy atom. The van der Waals surface area contributed by atoms with Gasteiger partial charge < -0.3 is 14.2 Å². The van der Waals surface area contributed by atoms with E-state index in [1.807, 2.05) is 41.6 Å². The maximum atomic E-state index is 8.93. The first-order valence-corrected chi connectivity index (χ1v) is 4.81. The molecule has 0 aliphatic carbocycles. The van der Waals surface area contributed by atoms with E-state index in [0.717, 1.165) is 17.2 Å². The largest absolute Gasteiger partial charge is 0.392 e. The van der Waals surface area contributed by atoms with Gasteiger partial charge in [-0.1, -0.05) is 0 Å². The molecule has 80 valence electrons. The molecular weight excluding hydrogens is 192 g/mol. The van der Waals surface area contributed by atoms with Crippen LogP contribution < -0.4 is 0 Å². The third-order valence-corrected chi connectivity index (χ3v) is 2.50. The lowest BCUT2D eigenvalue weighted by atomic mass is 10.4. The Labute approximate surface area is 88.0 Å². The molecule has 0 atom stereocenters. The van der Waals surface area contributed by atoms with E-state index in [4.69, 9.17) is 5.11 Å². The molecule has 0 unspecified atom stereocenters. The van der Waals surface area contributed by atoms with Crippen molar-refractivity contribution in [1.82, 2.24) is 19.3 Å². The second-order valence-corrected chi connectivity index (χ2v) is 3.57. The second kappa shape index (κ2) is 3.86. The summed E-state index contributed by atoms with van der Waals surface area (Å²) in [7, 11) is 1.95. The molecule has 0 radical (unpaired) electrons. The van der Waals surface area contributed by atoms with E-state index in [0.29, 0.717) is 6.54 Å². The summed E-state index contributed by atoms with van der Waals surface area (Å²) in [4.78, 5) is 0. The zero-order valence-electron chi connectivity index (χ0n) is 8.88. The van der Waals surface area contributed by atoms with Crippen molar-refractivity contribution in [2.45, 2.75) is 20.1 Å². The fraction of sp³-hybridized carbons (Fsp3) is 0.400. The average molecular weight is 206 g/mol. The van der Waals surface area contributed by atoms with Crippen molar-refractivity contribution < 1.29 is 5.11 Å². The van der Waals surface area contributed by atoms with Gasteiger partial charge in [0.25, 0.3) is 0 Å². The Hall–Kier alpha value is -1.62. The lowest BCUT2D eigenvalue weighted by Gasteiger charge is -2.02. The monoisotopic (exact) mass is 206 g/mol. The summed E-state index contributed by atoms with van der Waals surface area (Å²) in [6, 6.07) is 1.89. The molecule has 0 aliphatic rings. The van der Waals surface area contributed by atoms with Crippen molar-refractivity contribution in [2.24, 2.45) is 7.05 Å². The Bertz CT molecular complexity index is 458. The van der Waals surface area contributed by atoms with Gasteiger partial charge in [0.1, 0.15) is 5.82 Å². The fourth-order valence-corrected chi connectivity index (χ4v) is 1.43. The summed E-state index contributed by atoms with van der Waals surface area (Å²) in [5.74, 6) is 1.81. The third-order valence-electron chi connectivity index (χ3n) is 2.50. The summed E-state index contributed by atoms with van der Waals surface area (Å²) >= 11 is 0. The maximum absolute atomic E-state index is 8.93. The molecule has 15 heavy (non-hydrogen) atoms. The van der Waals surface area contributed by atoms with E-state index < -0.39 is 0 Å². The van der Waals surface area contributed by atoms with Crippen LogP contribution in [0.2, 0.25) is 0 Å². The Balaban J connectivity index is 2.18. The second-order valence-electron chi connectivity index (χ2n) is 3.57. The normalized spacial score (nSPS) is 10.9. The third kappa shape index (κ3) is 1.92. The summed E-state index contributed by atoms with van der Waals surface area (Å²) in [6.07, 6.45) is 3.83. The quantitative estimate of drug-likeness (QED) is 0.794. The van der Waals surface area contributed by atoms with Crippen LogP contribution in [0.1, 0.15) is 17.2 Å². The number of aliphatic hydroxyl groups excluding tert-OH is 1. The molecule has 0 aromatic carbocycles. The van der Waals surface area contributed by atoms with Crippen LogP contribution in [0.3, 0.4) is 0 Å². The van der Waals surface area contributed by atoms with Crippen LogP contribution in [-0.4, -0.2) is 24.4 Å². The average Bonchev–Trinajstić information content (AvgIpc) is 2.80. The zero-order chi connectivity index (χ0) is 10.8. The van der Waals surface area contributed by atoms with E-state index in [-0.39, 0.29) is 6.61 Å². The smallest absolute Gasteiger partial charge is 0.152 e. The zero-order valence-corrected chi connectivity index (χ0v) is 8.88. The summed E-state index contributed by atoms with van der Waals surface area (Å²) in [5, 5.41) is 17.0. The number of aromatic nitrogens is 4. The van der Waals surface area contributed by atoms with Crippen molar-refractivity contribution in [3.8, 4) is 0 Å². The number of aryl methyl sites for hydroxylation is 1. The van der Waals surface area contributed by atoms with Crippen LogP contribution >= 0.6 is 0 Å². The van der Waals surface area contributed by atoms with Gasteiger partial charge in [-0.05, 0) is 18.6 Å². The highest BCUT2D eigenvalue weighted by molar-refractivity contribution is 5.09. The van der Waals surface area contributed by atoms with Gasteiger partial charge in [-0.2, -0.15) is 0 Å². The van der Waals surface area contributed by atoms with Gasteiger partial charge >= 0.3 is 0 Å². The summed E-state index contributed by atoms with van der Waals surface area (Å²) in [5.41, 5.74) is 0.911. The van der Waals surface area contributed by atoms with Crippen LogP contribution in [0.25, 0.3) is 0 Å². The predicted octanol–water partition coefficient (Wildman–Crippen LogP) is 0.466. The Morgan fingerprint density at radius 2 is 2.20 bits per heavy atom. The van der Waals surface area contributed by atoms with Gasteiger partial charge in [-0.15, -0.1) is 10.2 Å². The highest BCUT2D eigenvalue weighted by Crippen LogP contribution is 2.05. The van der Waals surface area contributed by atoms with Crippen LogP contribution in [0.4, 0.5) is 0 Å². The van der Waals surface area contributed by atoms with Gasteiger partial charge in [0.15, 0.2) is 5.82 Å². The lowest BCUT2D eigenvalue weighted by molar-refractivity contribution is 0.281. The molecule has 2 aromatic heterocycles. The first-order valence-electron chi connectivity index (χ1n) is 4.81. The molecule has 0 bridgehead atoms. The molecule has 1 N–H and O–H groups in total. The number of nitrogens with zero attached hydrogens (tertiary/aromatic N) is 4. The molecular formula is C10H14N4O. The first-order chi connectivity index (χ1) is 7.20. The van der Waals surface area contributed by atoms with E-state index in [1.54, 1.807) is 0 Å². The van der Waals surface area contributed by atoms with Crippen molar-refractivity contribution in [2.75, 3.05) is 0 Å². The molecule has 0 amide bonds. The standard InChI is InChI=1S/C10H14N4O/c1-8-11-12-10(13(8)2)6-14-4-3-9(5-14)7-15/h3-5,15H,6-7H2,1-2H3. The minimum Gasteiger partial charge on any atom is -0.392 e. The molecule has 0 spiro atoms. The first kappa shape index (κ1) is 9.92. The number of hydrogen-bond donors (Lipinski definition) is 1. The minimum atomic E-state index is 0.0742. The predicted molar refractivity (Wildman–Crippen MR) is 55.2 cm³/mol. The van der Waals surface area contributed by atoms with Crippen LogP contribution in [0.5, 0.6) is 0 Å². The Morgan fingerprint density at radius 3 is 2.73 bits per heavy atom. The molecule has 0 saturated heterocycles. The van der Waals surface area contributed by atoms with Gasteiger partial charge in [-0.3, -0.25) is 0 Å². The molecule has 0 aliphatic heterocycles. The highest BCUT2D eigenvalue weighted by Gasteiger charge is 2.05. The van der Waals surface area contributed by atoms with E-state index >= 15 is 0 Å². The molecule has 2 aromatic rings. The Kier molecular flexibility index (Phi) is 2.55. The van der Waals surface area contributed by atoms with Crippen molar-refractivity contribution in [3.63, 3.8) is 0 Å². The van der Waals surface area contributed by atoms with Crippen LogP contribution in [0, 0.1) is 6.92 Å². The molecule has 5 heteroatoms. The van der Waals surface area contributed by atoms with Gasteiger partial charge in [0.05, 0.1) is 13.2 Å². The number of rotatable bonds is 3. The number of hydrogen-bond acceptors (Lipinski definition) is 3.